The minimum absolute atomic E-state index is 0.279. The molecule has 3 rings (SSSR count). The van der Waals surface area contributed by atoms with Gasteiger partial charge in [-0.2, -0.15) is 0 Å². The third-order valence-corrected chi connectivity index (χ3v) is 4.20. The third kappa shape index (κ3) is 3.36. The molecule has 0 aliphatic rings. The van der Waals surface area contributed by atoms with Gasteiger partial charge in [0.25, 0.3) is 0 Å². The molecule has 0 aromatic heterocycles. The molecule has 0 amide bonds. The van der Waals surface area contributed by atoms with E-state index in [0.29, 0.717) is 13.1 Å². The average molecular weight is 307 g/mol. The smallest absolute Gasteiger partial charge is 0.120 e. The minimum atomic E-state index is -0.562. The first-order valence-corrected chi connectivity index (χ1v) is 7.80. The van der Waals surface area contributed by atoms with Gasteiger partial charge in [-0.1, -0.05) is 54.6 Å². The van der Waals surface area contributed by atoms with Crippen LogP contribution >= 0.6 is 0 Å². The molecule has 23 heavy (non-hydrogen) atoms. The van der Waals surface area contributed by atoms with Crippen LogP contribution in [0.15, 0.2) is 60.7 Å². The van der Waals surface area contributed by atoms with Crippen LogP contribution in [0, 0.1) is 6.92 Å². The Hall–Kier alpha value is -2.36. The van der Waals surface area contributed by atoms with E-state index in [9.17, 15) is 10.2 Å². The van der Waals surface area contributed by atoms with E-state index in [1.165, 1.54) is 0 Å². The number of nitrogens with one attached hydrogen (secondary N) is 1. The van der Waals surface area contributed by atoms with E-state index in [1.54, 1.807) is 6.07 Å². The Labute approximate surface area is 136 Å². The molecule has 0 fully saturated rings. The molecule has 0 heterocycles. The van der Waals surface area contributed by atoms with Gasteiger partial charge in [0.15, 0.2) is 0 Å². The molecule has 0 saturated carbocycles. The second-order valence-corrected chi connectivity index (χ2v) is 5.79. The first-order chi connectivity index (χ1) is 11.2. The maximum absolute atomic E-state index is 10.3. The molecular formula is C20H21NO2. The summed E-state index contributed by atoms with van der Waals surface area (Å²) in [6, 6.07) is 19.4. The van der Waals surface area contributed by atoms with Crippen LogP contribution < -0.4 is 5.32 Å². The number of benzene rings is 3. The van der Waals surface area contributed by atoms with Gasteiger partial charge in [0.2, 0.25) is 0 Å². The lowest BCUT2D eigenvalue weighted by Crippen LogP contribution is -2.21. The zero-order valence-electron chi connectivity index (χ0n) is 13.2. The number of hydrogen-bond acceptors (Lipinski definition) is 3. The van der Waals surface area contributed by atoms with Crippen molar-refractivity contribution >= 4 is 10.8 Å². The summed E-state index contributed by atoms with van der Waals surface area (Å²) in [7, 11) is 0. The van der Waals surface area contributed by atoms with Gasteiger partial charge in [0.05, 0.1) is 6.10 Å². The third-order valence-electron chi connectivity index (χ3n) is 4.20. The lowest BCUT2D eigenvalue weighted by atomic mass is 10.0. The van der Waals surface area contributed by atoms with Crippen molar-refractivity contribution in [3.05, 3.63) is 77.4 Å². The first-order valence-electron chi connectivity index (χ1n) is 7.80. The number of hydrogen-bond donors (Lipinski definition) is 3. The highest BCUT2D eigenvalue weighted by atomic mass is 16.3. The molecule has 118 valence electrons. The van der Waals surface area contributed by atoms with Crippen LogP contribution in [0.4, 0.5) is 0 Å². The summed E-state index contributed by atoms with van der Waals surface area (Å²) in [5.74, 6) is 0.279. The van der Waals surface area contributed by atoms with Crippen molar-refractivity contribution in [1.82, 2.24) is 5.32 Å². The molecule has 0 bridgehead atoms. The molecule has 0 aliphatic heterocycles. The van der Waals surface area contributed by atoms with E-state index in [1.807, 2.05) is 61.5 Å². The molecule has 3 nitrogen and oxygen atoms in total. The quantitative estimate of drug-likeness (QED) is 0.674. The highest BCUT2D eigenvalue weighted by Gasteiger charge is 2.11. The monoisotopic (exact) mass is 307 g/mol. The Balaban J connectivity index is 1.72. The molecule has 0 saturated heterocycles. The number of aromatic hydroxyl groups is 1. The summed E-state index contributed by atoms with van der Waals surface area (Å²) in [5.41, 5.74) is 2.87. The fourth-order valence-corrected chi connectivity index (χ4v) is 2.91. The minimum Gasteiger partial charge on any atom is -0.508 e. The summed E-state index contributed by atoms with van der Waals surface area (Å²) in [6.45, 7) is 2.94. The summed E-state index contributed by atoms with van der Waals surface area (Å²) >= 11 is 0. The maximum atomic E-state index is 10.3. The van der Waals surface area contributed by atoms with Crippen molar-refractivity contribution in [3.8, 4) is 5.75 Å². The second-order valence-electron chi connectivity index (χ2n) is 5.79. The SMILES string of the molecule is Cc1ccccc1C(O)CNCc1c(O)ccc2ccccc12. The van der Waals surface area contributed by atoms with E-state index in [2.05, 4.69) is 5.32 Å². The lowest BCUT2D eigenvalue weighted by molar-refractivity contribution is 0.173. The van der Waals surface area contributed by atoms with Crippen molar-refractivity contribution in [1.29, 1.82) is 0 Å². The Morgan fingerprint density at radius 3 is 2.52 bits per heavy atom. The first kappa shape index (κ1) is 15.5. The number of aliphatic hydroxyl groups excluding tert-OH is 1. The van der Waals surface area contributed by atoms with Crippen molar-refractivity contribution in [2.24, 2.45) is 0 Å². The van der Waals surface area contributed by atoms with E-state index >= 15 is 0 Å². The number of phenolic OH excluding ortho intramolecular Hbond substituents is 1. The zero-order chi connectivity index (χ0) is 16.2. The van der Waals surface area contributed by atoms with Gasteiger partial charge >= 0.3 is 0 Å². The molecule has 3 aromatic rings. The van der Waals surface area contributed by atoms with Gasteiger partial charge in [-0.3, -0.25) is 0 Å². The molecule has 0 spiro atoms. The molecular weight excluding hydrogens is 286 g/mol. The number of phenols is 1. The van der Waals surface area contributed by atoms with Gasteiger partial charge in [-0.25, -0.2) is 0 Å². The Kier molecular flexibility index (Phi) is 4.60. The van der Waals surface area contributed by atoms with Gasteiger partial charge in [0, 0.05) is 18.7 Å². The maximum Gasteiger partial charge on any atom is 0.120 e. The predicted octanol–water partition coefficient (Wildman–Crippen LogP) is 3.68. The largest absolute Gasteiger partial charge is 0.508 e. The van der Waals surface area contributed by atoms with Gasteiger partial charge in [0.1, 0.15) is 5.75 Å². The molecule has 3 aromatic carbocycles. The van der Waals surface area contributed by atoms with Crippen LogP contribution in [0.5, 0.6) is 5.75 Å². The van der Waals surface area contributed by atoms with Crippen molar-refractivity contribution < 1.29 is 10.2 Å². The van der Waals surface area contributed by atoms with Crippen molar-refractivity contribution in [2.45, 2.75) is 19.6 Å². The zero-order valence-corrected chi connectivity index (χ0v) is 13.2. The number of rotatable bonds is 5. The van der Waals surface area contributed by atoms with E-state index < -0.39 is 6.10 Å². The van der Waals surface area contributed by atoms with E-state index in [-0.39, 0.29) is 5.75 Å². The number of fused-ring (bicyclic) bond motifs is 1. The summed E-state index contributed by atoms with van der Waals surface area (Å²) in [6.07, 6.45) is -0.562. The fraction of sp³-hybridized carbons (Fsp3) is 0.200. The van der Waals surface area contributed by atoms with Crippen LogP contribution in [0.2, 0.25) is 0 Å². The lowest BCUT2D eigenvalue weighted by Gasteiger charge is -2.15. The van der Waals surface area contributed by atoms with Crippen LogP contribution in [-0.2, 0) is 6.54 Å². The Morgan fingerprint density at radius 1 is 0.957 bits per heavy atom. The van der Waals surface area contributed by atoms with Crippen molar-refractivity contribution in [2.75, 3.05) is 6.54 Å². The van der Waals surface area contributed by atoms with E-state index in [4.69, 9.17) is 0 Å². The second kappa shape index (κ2) is 6.82. The molecule has 0 aliphatic carbocycles. The average Bonchev–Trinajstić information content (AvgIpc) is 2.57. The highest BCUT2D eigenvalue weighted by molar-refractivity contribution is 5.87. The number of aryl methyl sites for hydroxylation is 1. The van der Waals surface area contributed by atoms with Gasteiger partial charge in [-0.05, 0) is 34.9 Å². The fourth-order valence-electron chi connectivity index (χ4n) is 2.91. The van der Waals surface area contributed by atoms with Gasteiger partial charge in [-0.15, -0.1) is 0 Å². The summed E-state index contributed by atoms with van der Waals surface area (Å²) in [5, 5.41) is 25.9. The Morgan fingerprint density at radius 2 is 1.70 bits per heavy atom. The highest BCUT2D eigenvalue weighted by Crippen LogP contribution is 2.27. The molecule has 3 N–H and O–H groups in total. The molecule has 0 radical (unpaired) electrons. The summed E-state index contributed by atoms with van der Waals surface area (Å²) in [4.78, 5) is 0. The summed E-state index contributed by atoms with van der Waals surface area (Å²) < 4.78 is 0. The van der Waals surface area contributed by atoms with Gasteiger partial charge < -0.3 is 15.5 Å². The topological polar surface area (TPSA) is 52.5 Å². The van der Waals surface area contributed by atoms with Crippen LogP contribution in [-0.4, -0.2) is 16.8 Å². The predicted molar refractivity (Wildman–Crippen MR) is 93.5 cm³/mol. The Bertz CT molecular complexity index is 814. The van der Waals surface area contributed by atoms with Crippen LogP contribution in [0.3, 0.4) is 0 Å². The molecule has 1 atom stereocenters. The van der Waals surface area contributed by atoms with Crippen LogP contribution in [0.1, 0.15) is 22.8 Å². The van der Waals surface area contributed by atoms with Crippen LogP contribution in [0.25, 0.3) is 10.8 Å². The van der Waals surface area contributed by atoms with Crippen molar-refractivity contribution in [3.63, 3.8) is 0 Å². The normalized spacial score (nSPS) is 12.4. The standard InChI is InChI=1S/C20H21NO2/c1-14-6-2-4-8-16(14)20(23)13-21-12-18-17-9-5-3-7-15(17)10-11-19(18)22/h2-11,20-23H,12-13H2,1H3. The van der Waals surface area contributed by atoms with E-state index in [0.717, 1.165) is 27.5 Å². The molecule has 3 heteroatoms. The number of aliphatic hydroxyl groups is 1. The molecule has 1 unspecified atom stereocenters.